The predicted octanol–water partition coefficient (Wildman–Crippen LogP) is -1.37. The molecule has 4 aliphatic heterocycles. The molecule has 4 aliphatic rings. The first kappa shape index (κ1) is 65.2. The Hall–Kier alpha value is -6.63. The van der Waals surface area contributed by atoms with E-state index in [4.69, 9.17) is 9.47 Å². The van der Waals surface area contributed by atoms with E-state index in [0.29, 0.717) is 31.3 Å². The number of aryl methyl sites for hydroxylation is 4. The summed E-state index contributed by atoms with van der Waals surface area (Å²) in [7, 11) is -3.91. The summed E-state index contributed by atoms with van der Waals surface area (Å²) in [5.41, 5.74) is 1.39. The number of anilines is 2. The Labute approximate surface area is 474 Å². The van der Waals surface area contributed by atoms with Crippen molar-refractivity contribution in [1.29, 1.82) is 0 Å². The lowest BCUT2D eigenvalue weighted by Gasteiger charge is -2.23. The van der Waals surface area contributed by atoms with Crippen molar-refractivity contribution in [2.24, 2.45) is 25.9 Å². The number of sulfonamides is 1. The third-order valence-electron chi connectivity index (χ3n) is 13.0. The summed E-state index contributed by atoms with van der Waals surface area (Å²) in [6.07, 6.45) is -6.70. The van der Waals surface area contributed by atoms with E-state index in [-0.39, 0.29) is 105 Å². The van der Waals surface area contributed by atoms with Crippen LogP contribution in [0.1, 0.15) is 46.0 Å². The second-order valence-corrected chi connectivity index (χ2v) is 22.4. The molecular weight excluding hydrogens is 1260 g/mol. The number of nitrogens with one attached hydrogen (secondary N) is 6. The summed E-state index contributed by atoms with van der Waals surface area (Å²) in [5, 5.41) is 10.4. The zero-order chi connectivity index (χ0) is 59.6. The first-order valence-electron chi connectivity index (χ1n) is 23.9. The average Bonchev–Trinajstić information content (AvgIpc) is 4.24. The summed E-state index contributed by atoms with van der Waals surface area (Å²) in [5.74, 6) is -8.30. The van der Waals surface area contributed by atoms with Gasteiger partial charge in [-0.1, -0.05) is 0 Å². The minimum absolute atomic E-state index is 0. The van der Waals surface area contributed by atoms with Gasteiger partial charge in [0.15, 0.2) is 27.8 Å². The Bertz CT molecular complexity index is 3310. The molecule has 5 amide bonds. The lowest BCUT2D eigenvalue weighted by Crippen LogP contribution is -3.00. The van der Waals surface area contributed by atoms with Gasteiger partial charge in [-0.25, -0.2) is 30.9 Å². The van der Waals surface area contributed by atoms with Gasteiger partial charge in [0.25, 0.3) is 11.8 Å². The standard InChI is InChI=1S/C23H25F4N5O6S.C18H21FN4O4S.C6H8F3NO3.HI/c1-11-6-14(4-5-15(11)24)29-20(33)18-19-17(9-31(18)3)39(36,37)30-16-8-32(7-13(16)10-38-19)22(35)21(34)28-12(2)23(25,26)27;1-10-5-12(3-4-13(10)19)21-18(24)16-17-15(8-23(16)2)28(25,26)22-14-7-20-6-11(14)9-27-17;1-3(6(7,8)9)10-4(11)5(12)13-2;/h4-6,9,12-13,16,30H,7-8,10H2,1-3H3,(H,28,34)(H,29,33);3-5,8,11,14,20H,6-7,9H2,1-2H3,(H,21,24)(H,22,25,26);3H,1-2H3,(H,10,11);1H/p+1/t12-,13+,16+;11-,14-;3-;/m101./s1. The van der Waals surface area contributed by atoms with Gasteiger partial charge in [0, 0.05) is 62.9 Å². The normalized spacial score (nSPS) is 21.4. The molecule has 0 aliphatic carbocycles. The molecule has 0 bridgehead atoms. The maximum atomic E-state index is 13.6. The molecule has 2 aromatic carbocycles. The van der Waals surface area contributed by atoms with E-state index in [1.165, 1.54) is 77.2 Å². The van der Waals surface area contributed by atoms with E-state index in [9.17, 15) is 80.7 Å². The zero-order valence-electron chi connectivity index (χ0n) is 43.8. The third-order valence-corrected chi connectivity index (χ3v) is 16.0. The van der Waals surface area contributed by atoms with Gasteiger partial charge in [0.1, 0.15) is 28.6 Å². The molecule has 8 rings (SSSR count). The highest BCUT2D eigenvalue weighted by molar-refractivity contribution is 7.90. The summed E-state index contributed by atoms with van der Waals surface area (Å²) in [4.78, 5) is 72.2. The maximum absolute atomic E-state index is 13.6. The van der Waals surface area contributed by atoms with Gasteiger partial charge in [-0.05, 0) is 75.2 Å². The molecule has 9 N–H and O–H groups in total. The number of amides is 5. The van der Waals surface area contributed by atoms with Crippen LogP contribution in [0, 0.1) is 37.3 Å². The smallest absolute Gasteiger partial charge is 0.408 e. The second kappa shape index (κ2) is 25.7. The largest absolute Gasteiger partial charge is 1.00 e. The van der Waals surface area contributed by atoms with Crippen molar-refractivity contribution in [3.05, 3.63) is 82.9 Å². The van der Waals surface area contributed by atoms with Gasteiger partial charge in [-0.3, -0.25) is 24.0 Å². The minimum atomic E-state index is -4.75. The number of aromatic nitrogens is 2. The Morgan fingerprint density at radius 3 is 1.67 bits per heavy atom. The van der Waals surface area contributed by atoms with Gasteiger partial charge in [-0.2, -0.15) is 35.3 Å². The van der Waals surface area contributed by atoms with Crippen LogP contribution < -0.4 is 69.5 Å². The molecule has 1 unspecified atom stereocenters. The number of likely N-dealkylation sites (tertiary alicyclic amines) is 1. The molecule has 0 spiro atoms. The van der Waals surface area contributed by atoms with Crippen LogP contribution >= 0.6 is 0 Å². The average molecular weight is 1310 g/mol. The van der Waals surface area contributed by atoms with Crippen molar-refractivity contribution >= 4 is 66.9 Å². The molecule has 4 aromatic rings. The monoisotopic (exact) mass is 1310 g/mol. The number of carbonyl (C=O) groups is 6. The lowest BCUT2D eigenvalue weighted by molar-refractivity contribution is -0.638. The van der Waals surface area contributed by atoms with Crippen LogP contribution in [0.2, 0.25) is 0 Å². The fourth-order valence-corrected chi connectivity index (χ4v) is 11.5. The molecule has 0 radical (unpaired) electrons. The number of alkyl halides is 6. The fourth-order valence-electron chi connectivity index (χ4n) is 8.51. The molecule has 7 atom stereocenters. The lowest BCUT2D eigenvalue weighted by atomic mass is 10.1. The third kappa shape index (κ3) is 15.5. The molecule has 81 heavy (non-hydrogen) atoms. The van der Waals surface area contributed by atoms with Crippen molar-refractivity contribution < 1.29 is 124 Å². The van der Waals surface area contributed by atoms with E-state index in [0.717, 1.165) is 25.5 Å². The molecule has 23 nitrogen and oxygen atoms in total. The van der Waals surface area contributed by atoms with Crippen molar-refractivity contribution in [2.45, 2.75) is 74.0 Å². The summed E-state index contributed by atoms with van der Waals surface area (Å²) in [6.45, 7) is 5.72. The number of quaternary nitrogens is 1. The molecule has 0 saturated carbocycles. The van der Waals surface area contributed by atoms with Crippen LogP contribution in [0.5, 0.6) is 11.5 Å². The molecule has 2 saturated heterocycles. The second-order valence-electron chi connectivity index (χ2n) is 19.0. The summed E-state index contributed by atoms with van der Waals surface area (Å²) < 4.78 is 174. The van der Waals surface area contributed by atoms with Gasteiger partial charge < -0.3 is 78.8 Å². The van der Waals surface area contributed by atoms with Gasteiger partial charge in [-0.15, -0.1) is 0 Å². The number of hydrogen-bond acceptors (Lipinski definition) is 12. The van der Waals surface area contributed by atoms with Gasteiger partial charge in [0.05, 0.1) is 45.4 Å². The van der Waals surface area contributed by atoms with Crippen molar-refractivity contribution in [3.63, 3.8) is 0 Å². The van der Waals surface area contributed by atoms with Crippen LogP contribution in [0.4, 0.5) is 46.5 Å². The first-order valence-corrected chi connectivity index (χ1v) is 26.9. The highest BCUT2D eigenvalue weighted by Crippen LogP contribution is 2.36. The highest BCUT2D eigenvalue weighted by Gasteiger charge is 2.46. The van der Waals surface area contributed by atoms with Crippen molar-refractivity contribution in [2.75, 3.05) is 57.1 Å². The predicted molar refractivity (Wildman–Crippen MR) is 264 cm³/mol. The molecule has 2 fully saturated rings. The van der Waals surface area contributed by atoms with E-state index in [1.807, 2.05) is 0 Å². The SMILES string of the molecule is COC(=O)C(=O)N[C@H](C)C(F)(F)F.Cc1cc(NC(=O)c2c3c(cn2C)S(=O)(=O)N[C@H]2CN(C(=O)C(=O)N[C@H](C)C(F)(F)F)C[C@H]2CO3)ccc1F.Cc1cc(NC(=O)c2c3c(cn2C)S(=O)(=[OH+])N[C@H]2C[NH2+]C[C@H]2CO3)ccc1F.[I-]. The van der Waals surface area contributed by atoms with Gasteiger partial charge in [0.2, 0.25) is 10.0 Å². The van der Waals surface area contributed by atoms with E-state index < -0.39 is 97.8 Å². The van der Waals surface area contributed by atoms with E-state index >= 15 is 0 Å². The number of esters is 1. The number of methoxy groups -OCH3 is 1. The number of benzene rings is 2. The maximum Gasteiger partial charge on any atom is 0.408 e. The summed E-state index contributed by atoms with van der Waals surface area (Å²) >= 11 is 0. The van der Waals surface area contributed by atoms with Crippen LogP contribution in [-0.4, -0.2) is 149 Å². The first-order chi connectivity index (χ1) is 37.1. The Morgan fingerprint density at radius 1 is 0.716 bits per heavy atom. The molecule has 34 heteroatoms. The number of rotatable bonds is 6. The molecule has 6 heterocycles. The van der Waals surface area contributed by atoms with Crippen LogP contribution in [0.15, 0.2) is 58.6 Å². The number of ether oxygens (including phenoxy) is 3. The highest BCUT2D eigenvalue weighted by atomic mass is 127. The Balaban J connectivity index is 0.000000250. The number of fused-ring (bicyclic) bond motifs is 4. The van der Waals surface area contributed by atoms with E-state index in [2.05, 4.69) is 30.1 Å². The summed E-state index contributed by atoms with van der Waals surface area (Å²) in [6, 6.07) is 2.81. The van der Waals surface area contributed by atoms with E-state index in [1.54, 1.807) is 19.3 Å². The quantitative estimate of drug-likeness (QED) is 0.0387. The van der Waals surface area contributed by atoms with Crippen LogP contribution in [0.25, 0.3) is 0 Å². The minimum Gasteiger partial charge on any atom is -1.00 e. The van der Waals surface area contributed by atoms with Crippen molar-refractivity contribution in [1.82, 2.24) is 34.1 Å². The van der Waals surface area contributed by atoms with Crippen LogP contribution in [-0.2, 0) is 58.1 Å². The van der Waals surface area contributed by atoms with Crippen LogP contribution in [0.3, 0.4) is 0 Å². The zero-order valence-corrected chi connectivity index (χ0v) is 47.6. The number of nitrogens with two attached hydrogens (primary N) is 1. The topological polar surface area (TPSA) is 305 Å². The number of nitrogens with zero attached hydrogens (tertiary/aromatic N) is 3. The molecule has 2 aromatic heterocycles. The van der Waals surface area contributed by atoms with Crippen molar-refractivity contribution in [3.8, 4) is 11.5 Å². The Kier molecular flexibility index (Phi) is 20.7. The molecule has 446 valence electrons. The number of hydrogen-bond donors (Lipinski definition) is 7. The number of carbonyl (C=O) groups excluding carboxylic acids is 6. The fraction of sp³-hybridized carbons (Fsp3) is 0.447. The molecular formula is C47H56F8IN10O13S2+. The Morgan fingerprint density at radius 2 is 1.19 bits per heavy atom. The van der Waals surface area contributed by atoms with Gasteiger partial charge >= 0.3 is 46.1 Å². The number of halogens is 9.